The first-order valence-corrected chi connectivity index (χ1v) is 14.4. The highest BCUT2D eigenvalue weighted by atomic mass is 19.1. The van der Waals surface area contributed by atoms with Gasteiger partial charge in [-0.05, 0) is 68.3 Å². The number of morpholine rings is 1. The third-order valence-corrected chi connectivity index (χ3v) is 7.79. The standard InChI is InChI=1S/C33H35FN4O3/c1-22-20-38(21-23(2)40-22)33-35-13-12-32(36-33)41-31-11-10-24(28-8-4-5-9-29(28)31)18-30(39)25-16-26(34)19-27(17-25)37-14-6-3-7-15-37/h4-5,8-13,16-17,19,22-23H,3,6-7,14-15,18,20-21H2,1-2H3/t22-,23+. The molecule has 0 amide bonds. The number of carbonyl (C=O) groups is 1. The van der Waals surface area contributed by atoms with Crippen LogP contribution in [0.15, 0.2) is 66.9 Å². The molecule has 1 aromatic heterocycles. The monoisotopic (exact) mass is 554 g/mol. The molecule has 8 heteroatoms. The molecular formula is C33H35FN4O3. The molecule has 0 bridgehead atoms. The van der Waals surface area contributed by atoms with E-state index in [0.29, 0.717) is 36.2 Å². The Labute approximate surface area is 239 Å². The van der Waals surface area contributed by atoms with E-state index in [1.807, 2.05) is 56.3 Å². The summed E-state index contributed by atoms with van der Waals surface area (Å²) in [6.07, 6.45) is 5.41. The number of anilines is 2. The highest BCUT2D eigenvalue weighted by molar-refractivity contribution is 6.01. The highest BCUT2D eigenvalue weighted by Gasteiger charge is 2.24. The maximum absolute atomic E-state index is 14.6. The van der Waals surface area contributed by atoms with Crippen LogP contribution < -0.4 is 14.5 Å². The average molecular weight is 555 g/mol. The van der Waals surface area contributed by atoms with Crippen LogP contribution in [0.4, 0.5) is 16.0 Å². The number of halogens is 1. The number of fused-ring (bicyclic) bond motifs is 1. The van der Waals surface area contributed by atoms with Gasteiger partial charge in [0.1, 0.15) is 11.6 Å². The summed E-state index contributed by atoms with van der Waals surface area (Å²) in [4.78, 5) is 26.8. The Morgan fingerprint density at radius 3 is 2.49 bits per heavy atom. The number of hydrogen-bond acceptors (Lipinski definition) is 7. The van der Waals surface area contributed by atoms with E-state index in [2.05, 4.69) is 19.8 Å². The van der Waals surface area contributed by atoms with Crippen molar-refractivity contribution in [3.05, 3.63) is 83.8 Å². The van der Waals surface area contributed by atoms with Crippen LogP contribution in [-0.4, -0.2) is 54.1 Å². The Hall–Kier alpha value is -4.04. The molecule has 0 radical (unpaired) electrons. The van der Waals surface area contributed by atoms with Gasteiger partial charge in [-0.3, -0.25) is 4.79 Å². The molecule has 0 spiro atoms. The second-order valence-corrected chi connectivity index (χ2v) is 11.1. The van der Waals surface area contributed by atoms with E-state index in [-0.39, 0.29) is 30.2 Å². The topological polar surface area (TPSA) is 67.8 Å². The van der Waals surface area contributed by atoms with E-state index in [0.717, 1.165) is 48.0 Å². The lowest BCUT2D eigenvalue weighted by Crippen LogP contribution is -2.46. The number of ether oxygens (including phenoxy) is 2. The largest absolute Gasteiger partial charge is 0.438 e. The molecule has 7 nitrogen and oxygen atoms in total. The molecule has 2 fully saturated rings. The maximum Gasteiger partial charge on any atom is 0.228 e. The Morgan fingerprint density at radius 2 is 1.71 bits per heavy atom. The number of hydrogen-bond donors (Lipinski definition) is 0. The first kappa shape index (κ1) is 27.1. The van der Waals surface area contributed by atoms with Crippen molar-refractivity contribution in [1.82, 2.24) is 9.97 Å². The lowest BCUT2D eigenvalue weighted by atomic mass is 9.96. The zero-order chi connectivity index (χ0) is 28.3. The molecule has 2 atom stereocenters. The van der Waals surface area contributed by atoms with Gasteiger partial charge in [0, 0.05) is 61.5 Å². The van der Waals surface area contributed by atoms with Crippen molar-refractivity contribution in [3.8, 4) is 11.6 Å². The summed E-state index contributed by atoms with van der Waals surface area (Å²) in [7, 11) is 0. The Morgan fingerprint density at radius 1 is 0.951 bits per heavy atom. The van der Waals surface area contributed by atoms with E-state index in [9.17, 15) is 9.18 Å². The van der Waals surface area contributed by atoms with Gasteiger partial charge in [0.05, 0.1) is 12.2 Å². The molecule has 3 heterocycles. The molecule has 6 rings (SSSR count). The third kappa shape index (κ3) is 6.17. The van der Waals surface area contributed by atoms with Gasteiger partial charge in [0.15, 0.2) is 5.78 Å². The lowest BCUT2D eigenvalue weighted by Gasteiger charge is -2.35. The minimum absolute atomic E-state index is 0.0925. The van der Waals surface area contributed by atoms with Crippen molar-refractivity contribution in [2.24, 2.45) is 0 Å². The van der Waals surface area contributed by atoms with Gasteiger partial charge < -0.3 is 19.3 Å². The number of nitrogens with zero attached hydrogens (tertiary/aromatic N) is 4. The van der Waals surface area contributed by atoms with Crippen LogP contribution >= 0.6 is 0 Å². The van der Waals surface area contributed by atoms with Gasteiger partial charge in [-0.15, -0.1) is 0 Å². The number of Topliss-reactive ketones (excluding diaryl/α,β-unsaturated/α-hetero) is 1. The van der Waals surface area contributed by atoms with Crippen LogP contribution in [0.2, 0.25) is 0 Å². The number of piperidine rings is 1. The van der Waals surface area contributed by atoms with E-state index in [1.165, 1.54) is 18.6 Å². The molecule has 0 N–H and O–H groups in total. The minimum atomic E-state index is -0.379. The highest BCUT2D eigenvalue weighted by Crippen LogP contribution is 2.33. The number of aromatic nitrogens is 2. The predicted octanol–water partition coefficient (Wildman–Crippen LogP) is 6.59. The molecule has 4 aromatic rings. The minimum Gasteiger partial charge on any atom is -0.438 e. The molecule has 41 heavy (non-hydrogen) atoms. The summed E-state index contributed by atoms with van der Waals surface area (Å²) >= 11 is 0. The van der Waals surface area contributed by atoms with Crippen molar-refractivity contribution in [2.75, 3.05) is 36.0 Å². The molecule has 0 aliphatic carbocycles. The quantitative estimate of drug-likeness (QED) is 0.239. The normalized spacial score (nSPS) is 19.4. The van der Waals surface area contributed by atoms with Crippen molar-refractivity contribution in [2.45, 2.75) is 51.7 Å². The Balaban J connectivity index is 1.24. The van der Waals surface area contributed by atoms with Crippen molar-refractivity contribution >= 4 is 28.2 Å². The van der Waals surface area contributed by atoms with Crippen LogP contribution in [0, 0.1) is 5.82 Å². The predicted molar refractivity (Wildman–Crippen MR) is 159 cm³/mol. The zero-order valence-electron chi connectivity index (χ0n) is 23.6. The van der Waals surface area contributed by atoms with Crippen molar-refractivity contribution in [1.29, 1.82) is 0 Å². The van der Waals surface area contributed by atoms with Crippen molar-refractivity contribution in [3.63, 3.8) is 0 Å². The number of benzene rings is 3. The molecule has 2 aliphatic heterocycles. The molecule has 3 aromatic carbocycles. The van der Waals surface area contributed by atoms with E-state index >= 15 is 0 Å². The molecule has 0 saturated carbocycles. The van der Waals surface area contributed by atoms with E-state index < -0.39 is 0 Å². The summed E-state index contributed by atoms with van der Waals surface area (Å²) in [6.45, 7) is 7.30. The molecular weight excluding hydrogens is 519 g/mol. The van der Waals surface area contributed by atoms with Gasteiger partial charge in [0.2, 0.25) is 11.8 Å². The van der Waals surface area contributed by atoms with Gasteiger partial charge in [-0.1, -0.05) is 30.3 Å². The summed E-state index contributed by atoms with van der Waals surface area (Å²) in [5, 5.41) is 1.79. The van der Waals surface area contributed by atoms with Gasteiger partial charge >= 0.3 is 0 Å². The Kier molecular flexibility index (Phi) is 7.83. The summed E-state index contributed by atoms with van der Waals surface area (Å²) in [5.74, 6) is 1.20. The fourth-order valence-electron chi connectivity index (χ4n) is 5.92. The number of rotatable bonds is 7. The smallest absolute Gasteiger partial charge is 0.228 e. The van der Waals surface area contributed by atoms with Crippen LogP contribution in [0.5, 0.6) is 11.6 Å². The van der Waals surface area contributed by atoms with E-state index in [1.54, 1.807) is 12.3 Å². The number of ketones is 1. The summed E-state index contributed by atoms with van der Waals surface area (Å²) in [5.41, 5.74) is 2.04. The maximum atomic E-state index is 14.6. The first-order chi connectivity index (χ1) is 19.9. The Bertz CT molecular complexity index is 1550. The van der Waals surface area contributed by atoms with Crippen LogP contribution in [-0.2, 0) is 11.2 Å². The zero-order valence-corrected chi connectivity index (χ0v) is 23.6. The molecule has 212 valence electrons. The van der Waals surface area contributed by atoms with Gasteiger partial charge in [0.25, 0.3) is 0 Å². The van der Waals surface area contributed by atoms with Crippen molar-refractivity contribution < 1.29 is 18.7 Å². The summed E-state index contributed by atoms with van der Waals surface area (Å²) < 4.78 is 26.7. The first-order valence-electron chi connectivity index (χ1n) is 14.4. The van der Waals surface area contributed by atoms with E-state index in [4.69, 9.17) is 9.47 Å². The summed E-state index contributed by atoms with van der Waals surface area (Å²) in [6, 6.07) is 18.1. The fraction of sp³-hybridized carbons (Fsp3) is 0.364. The second kappa shape index (κ2) is 11.8. The van der Waals surface area contributed by atoms with Crippen LogP contribution in [0.25, 0.3) is 10.8 Å². The average Bonchev–Trinajstić information content (AvgIpc) is 2.98. The van der Waals surface area contributed by atoms with Crippen LogP contribution in [0.3, 0.4) is 0 Å². The molecule has 0 unspecified atom stereocenters. The van der Waals surface area contributed by atoms with Crippen LogP contribution in [0.1, 0.15) is 49.0 Å². The molecule has 2 saturated heterocycles. The van der Waals surface area contributed by atoms with Gasteiger partial charge in [-0.25, -0.2) is 9.37 Å². The molecule has 2 aliphatic rings. The lowest BCUT2D eigenvalue weighted by molar-refractivity contribution is -0.00575. The van der Waals surface area contributed by atoms with Gasteiger partial charge in [-0.2, -0.15) is 4.98 Å². The third-order valence-electron chi connectivity index (χ3n) is 7.79. The fourth-order valence-corrected chi connectivity index (χ4v) is 5.92. The number of carbonyl (C=O) groups excluding carboxylic acids is 1. The second-order valence-electron chi connectivity index (χ2n) is 11.1. The SMILES string of the molecule is C[C@@H]1CN(c2nccc(Oc3ccc(CC(=O)c4cc(F)cc(N5CCCCC5)c4)c4ccccc34)n2)C[C@H](C)O1.